The molecule has 1 aliphatic carbocycles. The van der Waals surface area contributed by atoms with Crippen molar-refractivity contribution in [2.24, 2.45) is 5.41 Å². The Hall–Kier alpha value is -0.220. The van der Waals surface area contributed by atoms with Gasteiger partial charge in [0.2, 0.25) is 0 Å². The zero-order chi connectivity index (χ0) is 10.2. The SMILES string of the molecule is OC(CN1CC2(CCCC2)C1)C(F)F. The Bertz CT molecular complexity index is 194. The van der Waals surface area contributed by atoms with Gasteiger partial charge in [-0.25, -0.2) is 8.78 Å². The normalized spacial score (nSPS) is 28.3. The van der Waals surface area contributed by atoms with E-state index in [0.717, 1.165) is 13.1 Å². The molecule has 1 aliphatic heterocycles. The van der Waals surface area contributed by atoms with E-state index >= 15 is 0 Å². The largest absolute Gasteiger partial charge is 0.386 e. The highest BCUT2D eigenvalue weighted by Crippen LogP contribution is 2.45. The van der Waals surface area contributed by atoms with Crippen molar-refractivity contribution in [3.05, 3.63) is 0 Å². The lowest BCUT2D eigenvalue weighted by Gasteiger charge is -2.49. The second kappa shape index (κ2) is 3.74. The molecule has 2 fully saturated rings. The number of halogens is 2. The van der Waals surface area contributed by atoms with Crippen LogP contribution < -0.4 is 0 Å². The Balaban J connectivity index is 1.72. The molecular formula is C10H17F2NO. The topological polar surface area (TPSA) is 23.5 Å². The lowest BCUT2D eigenvalue weighted by atomic mass is 9.78. The molecule has 1 N–H and O–H groups in total. The number of hydrogen-bond donors (Lipinski definition) is 1. The summed E-state index contributed by atoms with van der Waals surface area (Å²) in [5, 5.41) is 9.00. The second-order valence-electron chi connectivity index (χ2n) is 4.78. The first-order chi connectivity index (χ1) is 6.61. The van der Waals surface area contributed by atoms with Crippen LogP contribution in [-0.2, 0) is 0 Å². The smallest absolute Gasteiger partial charge is 0.265 e. The van der Waals surface area contributed by atoms with Crippen LogP contribution in [0.2, 0.25) is 0 Å². The molecule has 2 nitrogen and oxygen atoms in total. The van der Waals surface area contributed by atoms with Crippen molar-refractivity contribution < 1.29 is 13.9 Å². The van der Waals surface area contributed by atoms with Gasteiger partial charge in [-0.15, -0.1) is 0 Å². The number of alkyl halides is 2. The molecular weight excluding hydrogens is 188 g/mol. The van der Waals surface area contributed by atoms with Crippen molar-refractivity contribution in [3.8, 4) is 0 Å². The minimum Gasteiger partial charge on any atom is -0.386 e. The Morgan fingerprint density at radius 1 is 1.21 bits per heavy atom. The van der Waals surface area contributed by atoms with E-state index in [4.69, 9.17) is 5.11 Å². The van der Waals surface area contributed by atoms with Gasteiger partial charge in [0, 0.05) is 19.6 Å². The predicted molar refractivity (Wildman–Crippen MR) is 49.4 cm³/mol. The minimum absolute atomic E-state index is 0.138. The maximum atomic E-state index is 12.0. The summed E-state index contributed by atoms with van der Waals surface area (Å²) in [6.07, 6.45) is 0.989. The van der Waals surface area contributed by atoms with E-state index in [1.54, 1.807) is 0 Å². The molecule has 2 rings (SSSR count). The number of hydrogen-bond acceptors (Lipinski definition) is 2. The van der Waals surface area contributed by atoms with Crippen LogP contribution in [0.15, 0.2) is 0 Å². The van der Waals surface area contributed by atoms with E-state index in [1.807, 2.05) is 4.90 Å². The molecule has 2 aliphatic rings. The molecule has 0 aromatic carbocycles. The fourth-order valence-corrected chi connectivity index (χ4v) is 2.82. The maximum Gasteiger partial charge on any atom is 0.265 e. The van der Waals surface area contributed by atoms with E-state index in [2.05, 4.69) is 0 Å². The molecule has 1 spiro atoms. The molecule has 1 atom stereocenters. The van der Waals surface area contributed by atoms with Crippen LogP contribution in [-0.4, -0.2) is 42.2 Å². The molecule has 82 valence electrons. The fraction of sp³-hybridized carbons (Fsp3) is 1.00. The highest BCUT2D eigenvalue weighted by atomic mass is 19.3. The Labute approximate surface area is 82.9 Å². The van der Waals surface area contributed by atoms with Gasteiger partial charge < -0.3 is 5.11 Å². The number of rotatable bonds is 3. The van der Waals surface area contributed by atoms with Crippen LogP contribution in [0.4, 0.5) is 8.78 Å². The van der Waals surface area contributed by atoms with Crippen molar-refractivity contribution in [1.29, 1.82) is 0 Å². The van der Waals surface area contributed by atoms with Crippen LogP contribution in [0.3, 0.4) is 0 Å². The molecule has 0 aromatic heterocycles. The highest BCUT2D eigenvalue weighted by molar-refractivity contribution is 4.98. The van der Waals surface area contributed by atoms with Crippen molar-refractivity contribution in [1.82, 2.24) is 4.90 Å². The zero-order valence-corrected chi connectivity index (χ0v) is 8.25. The summed E-state index contributed by atoms with van der Waals surface area (Å²) in [7, 11) is 0. The van der Waals surface area contributed by atoms with Crippen molar-refractivity contribution in [3.63, 3.8) is 0 Å². The monoisotopic (exact) mass is 205 g/mol. The Morgan fingerprint density at radius 2 is 1.79 bits per heavy atom. The average Bonchev–Trinajstić information content (AvgIpc) is 2.51. The standard InChI is InChI=1S/C10H17F2NO/c11-9(12)8(14)5-13-6-10(7-13)3-1-2-4-10/h8-9,14H,1-7H2. The average molecular weight is 205 g/mol. The van der Waals surface area contributed by atoms with E-state index in [-0.39, 0.29) is 6.54 Å². The van der Waals surface area contributed by atoms with Gasteiger partial charge in [0.1, 0.15) is 6.10 Å². The highest BCUT2D eigenvalue weighted by Gasteiger charge is 2.45. The molecule has 1 saturated heterocycles. The lowest BCUT2D eigenvalue weighted by molar-refractivity contribution is -0.0682. The van der Waals surface area contributed by atoms with E-state index in [9.17, 15) is 8.78 Å². The van der Waals surface area contributed by atoms with Gasteiger partial charge in [0.05, 0.1) is 0 Å². The Kier molecular flexibility index (Phi) is 2.75. The van der Waals surface area contributed by atoms with Crippen molar-refractivity contribution >= 4 is 0 Å². The first-order valence-electron chi connectivity index (χ1n) is 5.30. The molecule has 0 amide bonds. The summed E-state index contributed by atoms with van der Waals surface area (Å²) in [4.78, 5) is 1.95. The van der Waals surface area contributed by atoms with Crippen LogP contribution in [0, 0.1) is 5.41 Å². The van der Waals surface area contributed by atoms with E-state index in [0.29, 0.717) is 5.41 Å². The number of likely N-dealkylation sites (tertiary alicyclic amines) is 1. The third kappa shape index (κ3) is 1.91. The molecule has 0 aromatic rings. The number of β-amino-alcohol motifs (C(OH)–C–C–N with tert-alkyl or cyclic N) is 1. The van der Waals surface area contributed by atoms with Gasteiger partial charge >= 0.3 is 0 Å². The predicted octanol–water partition coefficient (Wildman–Crippen LogP) is 1.49. The van der Waals surface area contributed by atoms with E-state index < -0.39 is 12.5 Å². The van der Waals surface area contributed by atoms with Gasteiger partial charge in [-0.1, -0.05) is 12.8 Å². The quantitative estimate of drug-likeness (QED) is 0.754. The van der Waals surface area contributed by atoms with Crippen LogP contribution in [0.25, 0.3) is 0 Å². The first kappa shape index (κ1) is 10.3. The van der Waals surface area contributed by atoms with E-state index in [1.165, 1.54) is 25.7 Å². The molecule has 1 heterocycles. The summed E-state index contributed by atoms with van der Waals surface area (Å²) in [5.41, 5.74) is 0.432. The molecule has 1 saturated carbocycles. The minimum atomic E-state index is -2.60. The summed E-state index contributed by atoms with van der Waals surface area (Å²) in [5.74, 6) is 0. The third-order valence-corrected chi connectivity index (χ3v) is 3.52. The fourth-order valence-electron chi connectivity index (χ4n) is 2.82. The van der Waals surface area contributed by atoms with Gasteiger partial charge in [0.15, 0.2) is 0 Å². The zero-order valence-electron chi connectivity index (χ0n) is 8.25. The number of nitrogens with zero attached hydrogens (tertiary/aromatic N) is 1. The molecule has 4 heteroatoms. The lowest BCUT2D eigenvalue weighted by Crippen LogP contribution is -2.57. The van der Waals surface area contributed by atoms with Crippen molar-refractivity contribution in [2.75, 3.05) is 19.6 Å². The van der Waals surface area contributed by atoms with Gasteiger partial charge in [-0.3, -0.25) is 4.90 Å². The van der Waals surface area contributed by atoms with Gasteiger partial charge in [0.25, 0.3) is 6.43 Å². The maximum absolute atomic E-state index is 12.0. The summed E-state index contributed by atoms with van der Waals surface area (Å²) < 4.78 is 24.1. The second-order valence-corrected chi connectivity index (χ2v) is 4.78. The molecule has 0 bridgehead atoms. The molecule has 14 heavy (non-hydrogen) atoms. The summed E-state index contributed by atoms with van der Waals surface area (Å²) in [6.45, 7) is 1.97. The van der Waals surface area contributed by atoms with Crippen molar-refractivity contribution in [2.45, 2.75) is 38.2 Å². The van der Waals surface area contributed by atoms with Gasteiger partial charge in [-0.2, -0.15) is 0 Å². The third-order valence-electron chi connectivity index (χ3n) is 3.52. The first-order valence-corrected chi connectivity index (χ1v) is 5.30. The molecule has 0 radical (unpaired) electrons. The Morgan fingerprint density at radius 3 is 2.29 bits per heavy atom. The summed E-state index contributed by atoms with van der Waals surface area (Å²) in [6, 6.07) is 0. The van der Waals surface area contributed by atoms with Crippen LogP contribution in [0.5, 0.6) is 0 Å². The van der Waals surface area contributed by atoms with Gasteiger partial charge in [-0.05, 0) is 18.3 Å². The summed E-state index contributed by atoms with van der Waals surface area (Å²) >= 11 is 0. The number of aliphatic hydroxyl groups is 1. The number of aliphatic hydroxyl groups excluding tert-OH is 1. The van der Waals surface area contributed by atoms with Crippen LogP contribution in [0.1, 0.15) is 25.7 Å². The van der Waals surface area contributed by atoms with Crippen LogP contribution >= 0.6 is 0 Å². The molecule has 1 unspecified atom stereocenters.